The SMILES string of the molecule is COc1ccc(Cl)cc1C(/N=c1\sc(C(C)(C)C)cn1CC1CN(S(C)(=O)=O)C1)=N\C#N. The Bertz CT molecular complexity index is 1240. The molecule has 1 aliphatic heterocycles. The number of aromatic nitrogens is 1. The molecule has 3 rings (SSSR count). The number of hydrogen-bond donors (Lipinski definition) is 0. The topological polar surface area (TPSA) is 100 Å². The van der Waals surface area contributed by atoms with Crippen LogP contribution in [-0.2, 0) is 22.0 Å². The van der Waals surface area contributed by atoms with Crippen LogP contribution in [-0.4, -0.2) is 49.6 Å². The monoisotopic (exact) mass is 495 g/mol. The van der Waals surface area contributed by atoms with E-state index in [2.05, 4.69) is 25.8 Å². The van der Waals surface area contributed by atoms with Crippen LogP contribution in [0.4, 0.5) is 0 Å². The lowest BCUT2D eigenvalue weighted by Crippen LogP contribution is -2.51. The Kier molecular flexibility index (Phi) is 7.15. The van der Waals surface area contributed by atoms with Gasteiger partial charge in [-0.15, -0.1) is 11.3 Å². The highest BCUT2D eigenvalue weighted by Gasteiger charge is 2.33. The molecule has 1 fully saturated rings. The molecular formula is C21H26ClN5O3S2. The van der Waals surface area contributed by atoms with Gasteiger partial charge in [-0.25, -0.2) is 12.7 Å². The lowest BCUT2D eigenvalue weighted by molar-refractivity contribution is 0.180. The zero-order valence-electron chi connectivity index (χ0n) is 18.7. The summed E-state index contributed by atoms with van der Waals surface area (Å²) in [5, 5.41) is 9.75. The number of hydrogen-bond acceptors (Lipinski definition) is 6. The third-order valence-electron chi connectivity index (χ3n) is 5.07. The number of nitriles is 1. The van der Waals surface area contributed by atoms with Crippen LogP contribution in [0, 0.1) is 17.4 Å². The zero-order valence-corrected chi connectivity index (χ0v) is 21.1. The van der Waals surface area contributed by atoms with Crippen LogP contribution in [0.25, 0.3) is 0 Å². The van der Waals surface area contributed by atoms with Crippen LogP contribution in [0.5, 0.6) is 5.75 Å². The van der Waals surface area contributed by atoms with Crippen LogP contribution < -0.4 is 9.54 Å². The Morgan fingerprint density at radius 1 is 1.38 bits per heavy atom. The molecule has 2 aromatic rings. The van der Waals surface area contributed by atoms with Crippen LogP contribution in [0.15, 0.2) is 34.4 Å². The molecule has 0 radical (unpaired) electrons. The van der Waals surface area contributed by atoms with E-state index in [-0.39, 0.29) is 17.2 Å². The molecule has 32 heavy (non-hydrogen) atoms. The molecule has 0 N–H and O–H groups in total. The van der Waals surface area contributed by atoms with E-state index in [1.807, 2.05) is 17.0 Å². The van der Waals surface area contributed by atoms with Crippen molar-refractivity contribution in [2.24, 2.45) is 15.9 Å². The molecule has 11 heteroatoms. The summed E-state index contributed by atoms with van der Waals surface area (Å²) in [4.78, 5) is 10.4. The first-order chi connectivity index (χ1) is 14.9. The minimum atomic E-state index is -3.17. The minimum absolute atomic E-state index is 0.0983. The number of rotatable bonds is 5. The third-order valence-corrected chi connectivity index (χ3v) is 7.98. The zero-order chi connectivity index (χ0) is 23.7. The normalized spacial score (nSPS) is 16.7. The molecule has 0 atom stereocenters. The second-order valence-corrected chi connectivity index (χ2v) is 12.1. The summed E-state index contributed by atoms with van der Waals surface area (Å²) in [6.45, 7) is 7.92. The molecule has 0 unspecified atom stereocenters. The summed E-state index contributed by atoms with van der Waals surface area (Å²) >= 11 is 7.69. The quantitative estimate of drug-likeness (QED) is 0.361. The van der Waals surface area contributed by atoms with Crippen LogP contribution in [0.3, 0.4) is 0 Å². The van der Waals surface area contributed by atoms with Crippen LogP contribution in [0.1, 0.15) is 31.2 Å². The van der Waals surface area contributed by atoms with E-state index in [4.69, 9.17) is 21.3 Å². The fourth-order valence-corrected chi connectivity index (χ4v) is 5.46. The van der Waals surface area contributed by atoms with Gasteiger partial charge in [0.05, 0.1) is 18.9 Å². The number of methoxy groups -OCH3 is 1. The second-order valence-electron chi connectivity index (χ2n) is 8.72. The highest BCUT2D eigenvalue weighted by atomic mass is 35.5. The van der Waals surface area contributed by atoms with Gasteiger partial charge in [-0.1, -0.05) is 32.4 Å². The molecule has 1 saturated heterocycles. The number of amidine groups is 1. The van der Waals surface area contributed by atoms with Crippen molar-refractivity contribution in [3.05, 3.63) is 44.7 Å². The van der Waals surface area contributed by atoms with Gasteiger partial charge in [0.25, 0.3) is 0 Å². The first-order valence-electron chi connectivity index (χ1n) is 9.93. The predicted molar refractivity (Wildman–Crippen MR) is 127 cm³/mol. The van der Waals surface area contributed by atoms with Crippen molar-refractivity contribution in [3.63, 3.8) is 0 Å². The average Bonchev–Trinajstić information content (AvgIpc) is 3.06. The fraction of sp³-hybridized carbons (Fsp3) is 0.476. The molecule has 1 aromatic heterocycles. The van der Waals surface area contributed by atoms with Crippen molar-refractivity contribution >= 4 is 38.8 Å². The van der Waals surface area contributed by atoms with E-state index in [9.17, 15) is 13.7 Å². The Balaban J connectivity index is 2.05. The van der Waals surface area contributed by atoms with Crippen molar-refractivity contribution in [1.82, 2.24) is 8.87 Å². The molecule has 0 bridgehead atoms. The van der Waals surface area contributed by atoms with E-state index in [0.29, 0.717) is 40.8 Å². The highest BCUT2D eigenvalue weighted by molar-refractivity contribution is 7.88. The molecule has 172 valence electrons. The number of sulfonamides is 1. The molecule has 2 heterocycles. The molecule has 0 amide bonds. The van der Waals surface area contributed by atoms with Gasteiger partial charge in [0, 0.05) is 41.6 Å². The number of nitrogens with zero attached hydrogens (tertiary/aromatic N) is 5. The van der Waals surface area contributed by atoms with E-state index >= 15 is 0 Å². The van der Waals surface area contributed by atoms with Gasteiger partial charge >= 0.3 is 0 Å². The van der Waals surface area contributed by atoms with E-state index in [1.54, 1.807) is 18.2 Å². The maximum atomic E-state index is 11.7. The molecule has 1 aliphatic rings. The smallest absolute Gasteiger partial charge is 0.211 e. The standard InChI is InChI=1S/C21H26ClN5O3S2/c1-21(2,3)18-12-26(9-14-10-27(11-14)32(5,28)29)20(31-18)25-19(24-13-23)16-8-15(22)6-7-17(16)30-4/h6-8,12,14H,9-11H2,1-5H3/b24-19+,25-20-. The van der Waals surface area contributed by atoms with Crippen molar-refractivity contribution in [2.75, 3.05) is 26.5 Å². The van der Waals surface area contributed by atoms with Crippen molar-refractivity contribution in [3.8, 4) is 11.9 Å². The van der Waals surface area contributed by atoms with Gasteiger partial charge in [0.2, 0.25) is 16.2 Å². The first kappa shape index (κ1) is 24.5. The van der Waals surface area contributed by atoms with Gasteiger partial charge < -0.3 is 9.30 Å². The lowest BCUT2D eigenvalue weighted by atomic mass is 9.95. The summed E-state index contributed by atoms with van der Waals surface area (Å²) < 4.78 is 32.3. The summed E-state index contributed by atoms with van der Waals surface area (Å²) in [6.07, 6.45) is 5.09. The minimum Gasteiger partial charge on any atom is -0.496 e. The predicted octanol–water partition coefficient (Wildman–Crippen LogP) is 3.23. The highest BCUT2D eigenvalue weighted by Crippen LogP contribution is 2.27. The Morgan fingerprint density at radius 2 is 2.06 bits per heavy atom. The number of thiazole rings is 1. The van der Waals surface area contributed by atoms with Gasteiger partial charge in [-0.2, -0.15) is 15.2 Å². The van der Waals surface area contributed by atoms with E-state index in [0.717, 1.165) is 4.88 Å². The molecule has 0 spiro atoms. The maximum absolute atomic E-state index is 11.7. The van der Waals surface area contributed by atoms with Crippen molar-refractivity contribution in [2.45, 2.75) is 32.7 Å². The Morgan fingerprint density at radius 3 is 2.62 bits per heavy atom. The number of ether oxygens (including phenoxy) is 1. The van der Waals surface area contributed by atoms with E-state index in [1.165, 1.54) is 29.0 Å². The van der Waals surface area contributed by atoms with Crippen molar-refractivity contribution < 1.29 is 13.2 Å². The molecule has 8 nitrogen and oxygen atoms in total. The lowest BCUT2D eigenvalue weighted by Gasteiger charge is -2.37. The average molecular weight is 496 g/mol. The van der Waals surface area contributed by atoms with E-state index < -0.39 is 10.0 Å². The fourth-order valence-electron chi connectivity index (χ4n) is 3.27. The summed E-state index contributed by atoms with van der Waals surface area (Å²) in [5.74, 6) is 0.895. The Labute approximate surface area is 197 Å². The van der Waals surface area contributed by atoms with Crippen LogP contribution in [0.2, 0.25) is 5.02 Å². The molecule has 1 aromatic carbocycles. The molecule has 0 saturated carbocycles. The summed E-state index contributed by atoms with van der Waals surface area (Å²) in [5.41, 5.74) is 0.421. The second kappa shape index (κ2) is 9.35. The maximum Gasteiger partial charge on any atom is 0.211 e. The van der Waals surface area contributed by atoms with Gasteiger partial charge in [0.15, 0.2) is 10.6 Å². The molecular weight excluding hydrogens is 470 g/mol. The van der Waals surface area contributed by atoms with Crippen LogP contribution >= 0.6 is 22.9 Å². The first-order valence-corrected chi connectivity index (χ1v) is 13.0. The van der Waals surface area contributed by atoms with Gasteiger partial charge in [-0.05, 0) is 23.6 Å². The Hall–Kier alpha value is -2.19. The number of halogens is 1. The largest absolute Gasteiger partial charge is 0.496 e. The van der Waals surface area contributed by atoms with Crippen molar-refractivity contribution in [1.29, 1.82) is 5.26 Å². The number of aliphatic imine (C=N–C) groups is 1. The third kappa shape index (κ3) is 5.59. The molecule has 0 aliphatic carbocycles. The van der Waals surface area contributed by atoms with Gasteiger partial charge in [-0.3, -0.25) is 0 Å². The number of benzene rings is 1. The summed E-state index contributed by atoms with van der Waals surface area (Å²) in [6, 6.07) is 5.07. The van der Waals surface area contributed by atoms with Gasteiger partial charge in [0.1, 0.15) is 5.75 Å². The summed E-state index contributed by atoms with van der Waals surface area (Å²) in [7, 11) is -1.64.